The third kappa shape index (κ3) is 2.56. The van der Waals surface area contributed by atoms with Crippen LogP contribution >= 0.6 is 22.9 Å². The Morgan fingerprint density at radius 3 is 2.70 bits per heavy atom. The minimum absolute atomic E-state index is 0.0605. The van der Waals surface area contributed by atoms with Gasteiger partial charge in [0.2, 0.25) is 0 Å². The molecule has 0 saturated heterocycles. The van der Waals surface area contributed by atoms with Crippen molar-refractivity contribution in [3.63, 3.8) is 0 Å². The number of nitrogens with zero attached hydrogens (tertiary/aromatic N) is 2. The van der Waals surface area contributed by atoms with Crippen molar-refractivity contribution in [2.24, 2.45) is 0 Å². The monoisotopic (exact) mass is 319 g/mol. The van der Waals surface area contributed by atoms with Gasteiger partial charge in [0.15, 0.2) is 10.7 Å². The van der Waals surface area contributed by atoms with Gasteiger partial charge in [0.05, 0.1) is 5.56 Å². The minimum atomic E-state index is -4.41. The summed E-state index contributed by atoms with van der Waals surface area (Å²) < 4.78 is 43.0. The molecule has 0 amide bonds. The highest BCUT2D eigenvalue weighted by molar-refractivity contribution is 7.14. The maximum atomic E-state index is 12.6. The van der Waals surface area contributed by atoms with Crippen LogP contribution in [0.2, 0.25) is 5.15 Å². The molecule has 0 atom stereocenters. The van der Waals surface area contributed by atoms with Gasteiger partial charge in [-0.15, -0.1) is 11.3 Å². The molecule has 20 heavy (non-hydrogen) atoms. The van der Waals surface area contributed by atoms with Crippen LogP contribution in [0.25, 0.3) is 11.1 Å². The van der Waals surface area contributed by atoms with E-state index in [0.29, 0.717) is 10.3 Å². The van der Waals surface area contributed by atoms with E-state index in [4.69, 9.17) is 16.0 Å². The average molecular weight is 320 g/mol. The molecule has 0 bridgehead atoms. The molecular formula is C11H5ClF3N3OS. The Labute approximate surface area is 119 Å². The lowest BCUT2D eigenvalue weighted by Crippen LogP contribution is -2.03. The van der Waals surface area contributed by atoms with Crippen molar-refractivity contribution >= 4 is 45.2 Å². The molecular weight excluding hydrogens is 315 g/mol. The number of benzene rings is 1. The van der Waals surface area contributed by atoms with Crippen molar-refractivity contribution in [3.8, 4) is 0 Å². The number of halogens is 4. The SMILES string of the molecule is FC(F)(F)c1ccc2oc(Nc3nc(Cl)cs3)nc2c1. The largest absolute Gasteiger partial charge is 0.423 e. The van der Waals surface area contributed by atoms with Gasteiger partial charge in [-0.2, -0.15) is 18.2 Å². The van der Waals surface area contributed by atoms with Crippen LogP contribution < -0.4 is 5.32 Å². The molecule has 0 aliphatic heterocycles. The smallest absolute Gasteiger partial charge is 0.416 e. The van der Waals surface area contributed by atoms with Gasteiger partial charge in [0.25, 0.3) is 0 Å². The van der Waals surface area contributed by atoms with Crippen LogP contribution in [0, 0.1) is 0 Å². The molecule has 0 saturated carbocycles. The third-order valence-corrected chi connectivity index (χ3v) is 3.49. The second-order valence-electron chi connectivity index (χ2n) is 3.80. The van der Waals surface area contributed by atoms with Gasteiger partial charge in [-0.05, 0) is 18.2 Å². The number of rotatable bonds is 2. The fourth-order valence-electron chi connectivity index (χ4n) is 1.56. The molecule has 0 unspecified atom stereocenters. The summed E-state index contributed by atoms with van der Waals surface area (Å²) in [5, 5.41) is 5.10. The highest BCUT2D eigenvalue weighted by Gasteiger charge is 2.31. The Balaban J connectivity index is 1.94. The first-order chi connectivity index (χ1) is 9.41. The van der Waals surface area contributed by atoms with Gasteiger partial charge in [0.1, 0.15) is 10.7 Å². The van der Waals surface area contributed by atoms with Crippen molar-refractivity contribution in [1.82, 2.24) is 9.97 Å². The summed E-state index contributed by atoms with van der Waals surface area (Å²) in [6, 6.07) is 3.16. The molecule has 104 valence electrons. The zero-order valence-corrected chi connectivity index (χ0v) is 11.1. The maximum Gasteiger partial charge on any atom is 0.416 e. The van der Waals surface area contributed by atoms with Crippen LogP contribution in [0.5, 0.6) is 0 Å². The Morgan fingerprint density at radius 1 is 1.25 bits per heavy atom. The number of alkyl halides is 3. The van der Waals surface area contributed by atoms with E-state index in [0.717, 1.165) is 12.1 Å². The first-order valence-corrected chi connectivity index (χ1v) is 6.53. The number of thiazole rings is 1. The lowest BCUT2D eigenvalue weighted by molar-refractivity contribution is -0.137. The fraction of sp³-hybridized carbons (Fsp3) is 0.0909. The molecule has 0 aliphatic carbocycles. The lowest BCUT2D eigenvalue weighted by Gasteiger charge is -2.04. The Bertz CT molecular complexity index is 768. The second-order valence-corrected chi connectivity index (χ2v) is 5.05. The summed E-state index contributed by atoms with van der Waals surface area (Å²) in [7, 11) is 0. The van der Waals surface area contributed by atoms with Crippen LogP contribution in [0.4, 0.5) is 24.3 Å². The van der Waals surface area contributed by atoms with Crippen molar-refractivity contribution in [3.05, 3.63) is 34.3 Å². The van der Waals surface area contributed by atoms with Crippen molar-refractivity contribution in [1.29, 1.82) is 0 Å². The number of fused-ring (bicyclic) bond motifs is 1. The van der Waals surface area contributed by atoms with Gasteiger partial charge < -0.3 is 4.42 Å². The molecule has 1 N–H and O–H groups in total. The van der Waals surface area contributed by atoms with E-state index in [-0.39, 0.29) is 17.1 Å². The molecule has 1 aromatic carbocycles. The van der Waals surface area contributed by atoms with E-state index in [9.17, 15) is 13.2 Å². The van der Waals surface area contributed by atoms with Gasteiger partial charge in [-0.1, -0.05) is 11.6 Å². The molecule has 2 heterocycles. The van der Waals surface area contributed by atoms with E-state index in [2.05, 4.69) is 15.3 Å². The van der Waals surface area contributed by atoms with Crippen molar-refractivity contribution in [2.45, 2.75) is 6.18 Å². The molecule has 4 nitrogen and oxygen atoms in total. The molecule has 0 radical (unpaired) electrons. The highest BCUT2D eigenvalue weighted by atomic mass is 35.5. The van der Waals surface area contributed by atoms with Gasteiger partial charge in [0, 0.05) is 5.38 Å². The number of hydrogen-bond donors (Lipinski definition) is 1. The lowest BCUT2D eigenvalue weighted by atomic mass is 10.2. The summed E-state index contributed by atoms with van der Waals surface area (Å²) in [5.41, 5.74) is -0.407. The van der Waals surface area contributed by atoms with Crippen LogP contribution in [0.1, 0.15) is 5.56 Å². The van der Waals surface area contributed by atoms with E-state index in [1.54, 1.807) is 5.38 Å². The van der Waals surface area contributed by atoms with Crippen LogP contribution in [-0.4, -0.2) is 9.97 Å². The van der Waals surface area contributed by atoms with Gasteiger partial charge in [-0.3, -0.25) is 5.32 Å². The number of aromatic nitrogens is 2. The molecule has 2 aromatic heterocycles. The summed E-state index contributed by atoms with van der Waals surface area (Å²) in [6.45, 7) is 0. The Kier molecular flexibility index (Phi) is 3.06. The Morgan fingerprint density at radius 2 is 2.05 bits per heavy atom. The van der Waals surface area contributed by atoms with E-state index < -0.39 is 11.7 Å². The third-order valence-electron chi connectivity index (χ3n) is 2.40. The van der Waals surface area contributed by atoms with Gasteiger partial charge >= 0.3 is 12.2 Å². The first kappa shape index (κ1) is 13.2. The molecule has 3 rings (SSSR count). The number of nitrogens with one attached hydrogen (secondary N) is 1. The second kappa shape index (κ2) is 4.64. The molecule has 9 heteroatoms. The zero-order chi connectivity index (χ0) is 14.3. The predicted molar refractivity (Wildman–Crippen MR) is 69.4 cm³/mol. The van der Waals surface area contributed by atoms with E-state index in [1.165, 1.54) is 17.4 Å². The van der Waals surface area contributed by atoms with Crippen LogP contribution in [0.15, 0.2) is 28.0 Å². The quantitative estimate of drug-likeness (QED) is 0.744. The predicted octanol–water partition coefficient (Wildman–Crippen LogP) is 4.70. The molecule has 0 fully saturated rings. The summed E-state index contributed by atoms with van der Waals surface area (Å²) >= 11 is 6.89. The van der Waals surface area contributed by atoms with Crippen molar-refractivity contribution < 1.29 is 17.6 Å². The molecule has 0 spiro atoms. The highest BCUT2D eigenvalue weighted by Crippen LogP contribution is 2.32. The number of anilines is 2. The Hall–Kier alpha value is -1.80. The minimum Gasteiger partial charge on any atom is -0.423 e. The van der Waals surface area contributed by atoms with Crippen molar-refractivity contribution in [2.75, 3.05) is 5.32 Å². The zero-order valence-electron chi connectivity index (χ0n) is 9.53. The normalized spacial score (nSPS) is 12.0. The summed E-state index contributed by atoms with van der Waals surface area (Å²) in [5.74, 6) is 0. The first-order valence-electron chi connectivity index (χ1n) is 5.28. The van der Waals surface area contributed by atoms with Gasteiger partial charge in [-0.25, -0.2) is 4.98 Å². The maximum absolute atomic E-state index is 12.6. The molecule has 0 aliphatic rings. The van der Waals surface area contributed by atoms with E-state index >= 15 is 0 Å². The van der Waals surface area contributed by atoms with Crippen LogP contribution in [0.3, 0.4) is 0 Å². The van der Waals surface area contributed by atoms with Crippen LogP contribution in [-0.2, 0) is 6.18 Å². The summed E-state index contributed by atoms with van der Waals surface area (Å²) in [4.78, 5) is 7.86. The number of oxazole rings is 1. The molecule has 3 aromatic rings. The standard InChI is InChI=1S/C11H5ClF3N3OS/c12-8-4-20-10(17-8)18-9-16-6-3-5(11(13,14)15)1-2-7(6)19-9/h1-4H,(H,16,17,18). The number of hydrogen-bond acceptors (Lipinski definition) is 5. The average Bonchev–Trinajstić information content (AvgIpc) is 2.93. The summed E-state index contributed by atoms with van der Waals surface area (Å²) in [6.07, 6.45) is -4.41. The van der Waals surface area contributed by atoms with E-state index in [1.807, 2.05) is 0 Å². The topological polar surface area (TPSA) is 51.0 Å². The fourth-order valence-corrected chi connectivity index (χ4v) is 2.39.